The number of thiophene rings is 1. The molecule has 20 heavy (non-hydrogen) atoms. The minimum absolute atomic E-state index is 0.000904. The van der Waals surface area contributed by atoms with E-state index >= 15 is 0 Å². The van der Waals surface area contributed by atoms with Crippen molar-refractivity contribution >= 4 is 28.8 Å². The number of nitrogens with zero attached hydrogens (tertiary/aromatic N) is 1. The summed E-state index contributed by atoms with van der Waals surface area (Å²) < 4.78 is 0. The molecule has 104 valence electrons. The number of carbonyl (C=O) groups is 1. The van der Waals surface area contributed by atoms with Crippen LogP contribution >= 0.6 is 22.9 Å². The van der Waals surface area contributed by atoms with Crippen LogP contribution in [0.3, 0.4) is 0 Å². The van der Waals surface area contributed by atoms with Crippen molar-refractivity contribution in [1.29, 1.82) is 0 Å². The van der Waals surface area contributed by atoms with Gasteiger partial charge in [0.2, 0.25) is 0 Å². The molecule has 0 unspecified atom stereocenters. The zero-order chi connectivity index (χ0) is 14.1. The molecule has 1 aliphatic rings. The van der Waals surface area contributed by atoms with Gasteiger partial charge >= 0.3 is 0 Å². The zero-order valence-corrected chi connectivity index (χ0v) is 12.3. The molecule has 0 spiro atoms. The number of benzene rings is 1. The van der Waals surface area contributed by atoms with E-state index in [-0.39, 0.29) is 16.7 Å². The van der Waals surface area contributed by atoms with Crippen molar-refractivity contribution in [3.8, 4) is 5.75 Å². The third-order valence-electron chi connectivity index (χ3n) is 3.38. The smallest absolute Gasteiger partial charge is 0.254 e. The minimum Gasteiger partial charge on any atom is -0.506 e. The summed E-state index contributed by atoms with van der Waals surface area (Å²) in [5.41, 5.74) is 1.68. The first-order chi connectivity index (χ1) is 9.65. The molecule has 0 aliphatic heterocycles. The summed E-state index contributed by atoms with van der Waals surface area (Å²) in [5, 5.41) is 13.7. The van der Waals surface area contributed by atoms with Crippen molar-refractivity contribution in [2.24, 2.45) is 0 Å². The molecule has 1 aromatic heterocycles. The van der Waals surface area contributed by atoms with Gasteiger partial charge < -0.3 is 10.0 Å². The van der Waals surface area contributed by atoms with Crippen molar-refractivity contribution in [1.82, 2.24) is 4.90 Å². The number of aromatic hydroxyl groups is 1. The van der Waals surface area contributed by atoms with Gasteiger partial charge in [-0.3, -0.25) is 4.79 Å². The summed E-state index contributed by atoms with van der Waals surface area (Å²) in [6.07, 6.45) is 2.11. The number of hydrogen-bond acceptors (Lipinski definition) is 3. The predicted octanol–water partition coefficient (Wildman–Crippen LogP) is 3.91. The monoisotopic (exact) mass is 307 g/mol. The van der Waals surface area contributed by atoms with Crippen LogP contribution < -0.4 is 0 Å². The first kappa shape index (κ1) is 13.5. The number of phenolic OH excluding ortho intramolecular Hbond substituents is 1. The normalized spacial score (nSPS) is 14.2. The summed E-state index contributed by atoms with van der Waals surface area (Å²) in [4.78, 5) is 14.5. The highest BCUT2D eigenvalue weighted by Gasteiger charge is 2.33. The van der Waals surface area contributed by atoms with Gasteiger partial charge in [-0.2, -0.15) is 11.3 Å². The van der Waals surface area contributed by atoms with E-state index in [4.69, 9.17) is 11.6 Å². The lowest BCUT2D eigenvalue weighted by Gasteiger charge is -2.22. The molecule has 3 rings (SSSR count). The molecule has 1 saturated carbocycles. The Labute approximate surface area is 126 Å². The Hall–Kier alpha value is -1.52. The molecular formula is C15H14ClNO2S. The van der Waals surface area contributed by atoms with Gasteiger partial charge in [0.05, 0.1) is 5.02 Å². The standard InChI is InChI=1S/C15H14ClNO2S/c16-13-7-11(1-4-14(13)18)15(19)17(12-2-3-12)8-10-5-6-20-9-10/h1,4-7,9,12,18H,2-3,8H2. The molecule has 3 nitrogen and oxygen atoms in total. The van der Waals surface area contributed by atoms with Crippen LogP contribution in [-0.2, 0) is 6.54 Å². The second-order valence-corrected chi connectivity index (χ2v) is 6.15. The van der Waals surface area contributed by atoms with Crippen molar-refractivity contribution in [2.45, 2.75) is 25.4 Å². The zero-order valence-electron chi connectivity index (χ0n) is 10.8. The van der Waals surface area contributed by atoms with Crippen LogP contribution in [0.5, 0.6) is 5.75 Å². The number of hydrogen-bond donors (Lipinski definition) is 1. The van der Waals surface area contributed by atoms with Crippen molar-refractivity contribution in [2.75, 3.05) is 0 Å². The van der Waals surface area contributed by atoms with Gasteiger partial charge in [-0.1, -0.05) is 11.6 Å². The fraction of sp³-hybridized carbons (Fsp3) is 0.267. The maximum atomic E-state index is 12.6. The fourth-order valence-corrected chi connectivity index (χ4v) is 2.98. The van der Waals surface area contributed by atoms with Gasteiger partial charge in [-0.25, -0.2) is 0 Å². The molecule has 0 radical (unpaired) electrons. The summed E-state index contributed by atoms with van der Waals surface area (Å²) in [6.45, 7) is 0.630. The van der Waals surface area contributed by atoms with E-state index in [0.29, 0.717) is 18.2 Å². The van der Waals surface area contributed by atoms with E-state index in [9.17, 15) is 9.90 Å². The molecule has 1 aromatic carbocycles. The highest BCUT2D eigenvalue weighted by Crippen LogP contribution is 2.31. The number of halogens is 1. The van der Waals surface area contributed by atoms with Crippen molar-refractivity contribution in [3.63, 3.8) is 0 Å². The Morgan fingerprint density at radius 1 is 1.40 bits per heavy atom. The maximum Gasteiger partial charge on any atom is 0.254 e. The molecule has 1 amide bonds. The summed E-state index contributed by atoms with van der Waals surface area (Å²) >= 11 is 7.51. The van der Waals surface area contributed by atoms with E-state index < -0.39 is 0 Å². The highest BCUT2D eigenvalue weighted by atomic mass is 35.5. The van der Waals surface area contributed by atoms with Crippen LogP contribution in [0, 0.1) is 0 Å². The van der Waals surface area contributed by atoms with E-state index in [2.05, 4.69) is 5.38 Å². The first-order valence-corrected chi connectivity index (χ1v) is 7.78. The van der Waals surface area contributed by atoms with Crippen molar-refractivity contribution in [3.05, 3.63) is 51.2 Å². The molecular weight excluding hydrogens is 294 g/mol. The average Bonchev–Trinajstić information content (AvgIpc) is 3.15. The van der Waals surface area contributed by atoms with Crippen LogP contribution in [-0.4, -0.2) is 22.0 Å². The van der Waals surface area contributed by atoms with Crippen LogP contribution in [0.25, 0.3) is 0 Å². The molecule has 1 aliphatic carbocycles. The third-order valence-corrected chi connectivity index (χ3v) is 4.41. The average molecular weight is 308 g/mol. The van der Waals surface area contributed by atoms with Crippen LogP contribution in [0.1, 0.15) is 28.8 Å². The second kappa shape index (κ2) is 5.46. The largest absolute Gasteiger partial charge is 0.506 e. The Kier molecular flexibility index (Phi) is 3.68. The molecule has 0 saturated heterocycles. The molecule has 1 N–H and O–H groups in total. The van der Waals surface area contributed by atoms with Crippen molar-refractivity contribution < 1.29 is 9.90 Å². The third kappa shape index (κ3) is 2.81. The van der Waals surface area contributed by atoms with E-state index in [1.165, 1.54) is 12.1 Å². The molecule has 0 atom stereocenters. The number of rotatable bonds is 4. The van der Waals surface area contributed by atoms with E-state index in [1.54, 1.807) is 17.4 Å². The van der Waals surface area contributed by atoms with Crippen LogP contribution in [0.15, 0.2) is 35.0 Å². The number of amides is 1. The van der Waals surface area contributed by atoms with Gasteiger partial charge in [0.1, 0.15) is 5.75 Å². The Bertz CT molecular complexity index is 623. The molecule has 1 fully saturated rings. The van der Waals surface area contributed by atoms with E-state index in [1.807, 2.05) is 16.3 Å². The predicted molar refractivity (Wildman–Crippen MR) is 80.3 cm³/mol. The molecule has 5 heteroatoms. The van der Waals surface area contributed by atoms with Crippen LogP contribution in [0.4, 0.5) is 0 Å². The molecule has 2 aromatic rings. The van der Waals surface area contributed by atoms with Gasteiger partial charge in [0.25, 0.3) is 5.91 Å². The summed E-state index contributed by atoms with van der Waals surface area (Å²) in [5.74, 6) is -0.0281. The topological polar surface area (TPSA) is 40.5 Å². The molecule has 0 bridgehead atoms. The molecule has 1 heterocycles. The SMILES string of the molecule is O=C(c1ccc(O)c(Cl)c1)N(Cc1ccsc1)C1CC1. The summed E-state index contributed by atoms with van der Waals surface area (Å²) in [6, 6.07) is 6.98. The Morgan fingerprint density at radius 2 is 2.20 bits per heavy atom. The lowest BCUT2D eigenvalue weighted by molar-refractivity contribution is 0.0730. The lowest BCUT2D eigenvalue weighted by Crippen LogP contribution is -2.32. The highest BCUT2D eigenvalue weighted by molar-refractivity contribution is 7.07. The fourth-order valence-electron chi connectivity index (χ4n) is 2.14. The van der Waals surface area contributed by atoms with Gasteiger partial charge in [0.15, 0.2) is 0 Å². The Morgan fingerprint density at radius 3 is 2.80 bits per heavy atom. The van der Waals surface area contributed by atoms with Gasteiger partial charge in [-0.05, 0) is 53.4 Å². The minimum atomic E-state index is -0.0272. The number of phenols is 1. The summed E-state index contributed by atoms with van der Waals surface area (Å²) in [7, 11) is 0. The second-order valence-electron chi connectivity index (χ2n) is 4.96. The Balaban J connectivity index is 1.83. The first-order valence-electron chi connectivity index (χ1n) is 6.45. The van der Waals surface area contributed by atoms with Crippen LogP contribution in [0.2, 0.25) is 5.02 Å². The van der Waals surface area contributed by atoms with E-state index in [0.717, 1.165) is 18.4 Å². The number of carbonyl (C=O) groups excluding carboxylic acids is 1. The lowest BCUT2D eigenvalue weighted by atomic mass is 10.1. The van der Waals surface area contributed by atoms with Gasteiger partial charge in [0, 0.05) is 18.2 Å². The quantitative estimate of drug-likeness (QED) is 0.930. The maximum absolute atomic E-state index is 12.6. The van der Waals surface area contributed by atoms with Gasteiger partial charge in [-0.15, -0.1) is 0 Å².